The number of nitrogen functional groups attached to an aromatic ring is 1. The number of halogens is 2. The highest BCUT2D eigenvalue weighted by molar-refractivity contribution is 9.10. The van der Waals surface area contributed by atoms with Crippen molar-refractivity contribution in [1.82, 2.24) is 4.98 Å². The lowest BCUT2D eigenvalue weighted by atomic mass is 10.1. The minimum Gasteiger partial charge on any atom is -0.398 e. The van der Waals surface area contributed by atoms with Gasteiger partial charge in [0.15, 0.2) is 0 Å². The van der Waals surface area contributed by atoms with Gasteiger partial charge in [-0.2, -0.15) is 0 Å². The summed E-state index contributed by atoms with van der Waals surface area (Å²) in [5, 5.41) is 0.599. The molecule has 0 unspecified atom stereocenters. The number of rotatable bonds is 3. The van der Waals surface area contributed by atoms with E-state index in [2.05, 4.69) is 20.9 Å². The molecule has 0 fully saturated rings. The average Bonchev–Trinajstić information content (AvgIpc) is 2.34. The Balaban J connectivity index is 2.37. The molecule has 1 amide bonds. The lowest BCUT2D eigenvalue weighted by molar-refractivity contribution is 0.100. The Morgan fingerprint density at radius 1 is 1.37 bits per heavy atom. The third kappa shape index (κ3) is 3.24. The summed E-state index contributed by atoms with van der Waals surface area (Å²) in [5.41, 5.74) is 10.8. The fourth-order valence-corrected chi connectivity index (χ4v) is 2.43. The lowest BCUT2D eigenvalue weighted by Gasteiger charge is -2.07. The molecule has 0 aliphatic rings. The number of benzene rings is 1. The number of pyridine rings is 1. The molecule has 19 heavy (non-hydrogen) atoms. The number of aromatic nitrogens is 1. The number of nitrogens with two attached hydrogens (primary N) is 2. The van der Waals surface area contributed by atoms with Crippen molar-refractivity contribution in [1.29, 1.82) is 0 Å². The maximum Gasteiger partial charge on any atom is 0.250 e. The summed E-state index contributed by atoms with van der Waals surface area (Å²) in [5.74, 6) is -1.21. The lowest BCUT2D eigenvalue weighted by Crippen LogP contribution is -2.14. The van der Waals surface area contributed by atoms with Crippen molar-refractivity contribution in [3.8, 4) is 0 Å². The molecule has 1 aromatic carbocycles. The van der Waals surface area contributed by atoms with Crippen molar-refractivity contribution in [2.45, 2.75) is 9.92 Å². The largest absolute Gasteiger partial charge is 0.398 e. The van der Waals surface area contributed by atoms with Crippen LogP contribution < -0.4 is 11.5 Å². The number of hydrogen-bond acceptors (Lipinski definition) is 4. The molecule has 0 saturated carbocycles. The number of anilines is 1. The fourth-order valence-electron chi connectivity index (χ4n) is 1.40. The Labute approximate surface area is 121 Å². The summed E-state index contributed by atoms with van der Waals surface area (Å²) >= 11 is 4.35. The molecule has 2 aromatic rings. The van der Waals surface area contributed by atoms with E-state index in [1.165, 1.54) is 6.07 Å². The number of nitrogens with zero attached hydrogens (tertiary/aromatic N) is 1. The van der Waals surface area contributed by atoms with Crippen LogP contribution in [0.25, 0.3) is 0 Å². The zero-order valence-electron chi connectivity index (χ0n) is 9.56. The van der Waals surface area contributed by atoms with Crippen LogP contribution >= 0.6 is 27.7 Å². The number of carbonyl (C=O) groups excluding carboxylic acids is 1. The molecule has 4 N–H and O–H groups in total. The van der Waals surface area contributed by atoms with E-state index < -0.39 is 11.7 Å². The van der Waals surface area contributed by atoms with Crippen LogP contribution in [0.4, 0.5) is 10.1 Å². The highest BCUT2D eigenvalue weighted by Gasteiger charge is 2.13. The van der Waals surface area contributed by atoms with Crippen molar-refractivity contribution in [3.63, 3.8) is 0 Å². The van der Waals surface area contributed by atoms with E-state index >= 15 is 0 Å². The van der Waals surface area contributed by atoms with E-state index in [1.54, 1.807) is 18.3 Å². The molecule has 1 aromatic heterocycles. The van der Waals surface area contributed by atoms with Gasteiger partial charge in [-0.3, -0.25) is 4.79 Å². The van der Waals surface area contributed by atoms with Gasteiger partial charge in [-0.1, -0.05) is 11.8 Å². The maximum atomic E-state index is 13.8. The van der Waals surface area contributed by atoms with Gasteiger partial charge in [-0.25, -0.2) is 9.37 Å². The van der Waals surface area contributed by atoms with Gasteiger partial charge in [0, 0.05) is 16.4 Å². The van der Waals surface area contributed by atoms with Crippen LogP contribution in [-0.4, -0.2) is 10.9 Å². The van der Waals surface area contributed by atoms with Crippen molar-refractivity contribution in [3.05, 3.63) is 46.3 Å². The summed E-state index contributed by atoms with van der Waals surface area (Å²) in [6, 6.07) is 5.94. The molecular formula is C12H9BrFN3OS. The molecule has 0 aliphatic carbocycles. The zero-order chi connectivity index (χ0) is 14.0. The van der Waals surface area contributed by atoms with E-state index in [4.69, 9.17) is 11.5 Å². The summed E-state index contributed by atoms with van der Waals surface area (Å²) in [7, 11) is 0. The molecule has 0 bridgehead atoms. The van der Waals surface area contributed by atoms with Crippen LogP contribution in [0.3, 0.4) is 0 Å². The van der Waals surface area contributed by atoms with Gasteiger partial charge in [-0.15, -0.1) is 0 Å². The number of amides is 1. The van der Waals surface area contributed by atoms with E-state index in [0.717, 1.165) is 22.3 Å². The minimum atomic E-state index is -0.692. The molecule has 0 spiro atoms. The van der Waals surface area contributed by atoms with E-state index in [9.17, 15) is 9.18 Å². The van der Waals surface area contributed by atoms with Gasteiger partial charge in [0.2, 0.25) is 0 Å². The fraction of sp³-hybridized carbons (Fsp3) is 0. The van der Waals surface area contributed by atoms with Crippen LogP contribution in [0.2, 0.25) is 0 Å². The monoisotopic (exact) mass is 341 g/mol. The van der Waals surface area contributed by atoms with Gasteiger partial charge in [0.1, 0.15) is 10.8 Å². The Kier molecular flexibility index (Phi) is 4.06. The Hall–Kier alpha value is -1.60. The molecule has 1 heterocycles. The second kappa shape index (κ2) is 5.58. The quantitative estimate of drug-likeness (QED) is 0.841. The number of primary amides is 1. The summed E-state index contributed by atoms with van der Waals surface area (Å²) in [6.45, 7) is 0. The molecule has 2 rings (SSSR count). The third-order valence-corrected chi connectivity index (χ3v) is 3.74. The van der Waals surface area contributed by atoms with Gasteiger partial charge in [-0.05, 0) is 40.2 Å². The zero-order valence-corrected chi connectivity index (χ0v) is 12.0. The van der Waals surface area contributed by atoms with Crippen molar-refractivity contribution in [2.75, 3.05) is 5.73 Å². The first kappa shape index (κ1) is 13.8. The molecule has 4 nitrogen and oxygen atoms in total. The Bertz CT molecular complexity index is 634. The predicted molar refractivity (Wildman–Crippen MR) is 75.4 cm³/mol. The average molecular weight is 342 g/mol. The molecule has 0 atom stereocenters. The molecule has 98 valence electrons. The normalized spacial score (nSPS) is 10.4. The first-order valence-corrected chi connectivity index (χ1v) is 6.76. The topological polar surface area (TPSA) is 82.0 Å². The number of carbonyl (C=O) groups is 1. The summed E-state index contributed by atoms with van der Waals surface area (Å²) in [4.78, 5) is 15.5. The molecule has 0 radical (unpaired) electrons. The van der Waals surface area contributed by atoms with Crippen LogP contribution in [0.15, 0.2) is 44.9 Å². The van der Waals surface area contributed by atoms with Crippen molar-refractivity contribution >= 4 is 39.3 Å². The van der Waals surface area contributed by atoms with E-state index in [-0.39, 0.29) is 16.1 Å². The molecule has 7 heteroatoms. The van der Waals surface area contributed by atoms with E-state index in [1.807, 2.05) is 0 Å². The first-order chi connectivity index (χ1) is 8.97. The highest BCUT2D eigenvalue weighted by atomic mass is 79.9. The van der Waals surface area contributed by atoms with Gasteiger partial charge >= 0.3 is 0 Å². The van der Waals surface area contributed by atoms with Crippen LogP contribution in [0.5, 0.6) is 0 Å². The standard InChI is InChI=1S/C12H9BrFN3OS/c13-6-1-2-11(17-5-6)19-10-3-7(12(16)18)9(15)4-8(10)14/h1-5H,15H2,(H2,16,18). The summed E-state index contributed by atoms with van der Waals surface area (Å²) in [6.07, 6.45) is 1.60. The molecule has 0 saturated heterocycles. The molecular weight excluding hydrogens is 333 g/mol. The Morgan fingerprint density at radius 2 is 2.11 bits per heavy atom. The SMILES string of the molecule is NC(=O)c1cc(Sc2ccc(Br)cn2)c(F)cc1N. The molecule has 0 aliphatic heterocycles. The van der Waals surface area contributed by atoms with Gasteiger partial charge in [0.25, 0.3) is 5.91 Å². The summed E-state index contributed by atoms with van der Waals surface area (Å²) < 4.78 is 14.6. The number of hydrogen-bond donors (Lipinski definition) is 2. The minimum absolute atomic E-state index is 0.0260. The van der Waals surface area contributed by atoms with Crippen molar-refractivity contribution in [2.24, 2.45) is 5.73 Å². The van der Waals surface area contributed by atoms with Crippen molar-refractivity contribution < 1.29 is 9.18 Å². The van der Waals surface area contributed by atoms with E-state index in [0.29, 0.717) is 5.03 Å². The second-order valence-corrected chi connectivity index (χ2v) is 5.63. The van der Waals surface area contributed by atoms with Crippen LogP contribution in [0, 0.1) is 5.82 Å². The maximum absolute atomic E-state index is 13.8. The smallest absolute Gasteiger partial charge is 0.250 e. The predicted octanol–water partition coefficient (Wildman–Crippen LogP) is 2.82. The second-order valence-electron chi connectivity index (χ2n) is 3.65. The van der Waals surface area contributed by atoms with Crippen LogP contribution in [-0.2, 0) is 0 Å². The first-order valence-electron chi connectivity index (χ1n) is 5.15. The van der Waals surface area contributed by atoms with Gasteiger partial charge in [0.05, 0.1) is 10.5 Å². The third-order valence-electron chi connectivity index (χ3n) is 2.28. The van der Waals surface area contributed by atoms with Gasteiger partial charge < -0.3 is 11.5 Å². The highest BCUT2D eigenvalue weighted by Crippen LogP contribution is 2.31. The van der Waals surface area contributed by atoms with Crippen LogP contribution in [0.1, 0.15) is 10.4 Å². The Morgan fingerprint density at radius 3 is 2.68 bits per heavy atom.